The maximum atomic E-state index is 13.3. The molecule has 1 aromatic heterocycles. The zero-order valence-electron chi connectivity index (χ0n) is 15.5. The number of thiophene rings is 1. The monoisotopic (exact) mass is 402 g/mol. The van der Waals surface area contributed by atoms with E-state index in [0.29, 0.717) is 23.4 Å². The first-order chi connectivity index (χ1) is 14.1. The molecule has 0 atom stereocenters. The second kappa shape index (κ2) is 8.24. The Hall–Kier alpha value is -3.51. The van der Waals surface area contributed by atoms with Crippen molar-refractivity contribution in [2.24, 2.45) is 0 Å². The molecule has 144 valence electrons. The molecule has 4 aromatic rings. The quantitative estimate of drug-likeness (QED) is 0.309. The van der Waals surface area contributed by atoms with Gasteiger partial charge in [-0.15, -0.1) is 11.3 Å². The first-order valence-corrected chi connectivity index (χ1v) is 9.97. The molecule has 5 nitrogen and oxygen atoms in total. The van der Waals surface area contributed by atoms with Crippen LogP contribution in [0.25, 0.3) is 10.1 Å². The predicted octanol–water partition coefficient (Wildman–Crippen LogP) is 5.65. The number of rotatable bonds is 6. The van der Waals surface area contributed by atoms with Crippen LogP contribution in [0.4, 0.5) is 5.69 Å². The number of hydrogen-bond acceptors (Lipinski definition) is 4. The van der Waals surface area contributed by atoms with Crippen molar-refractivity contribution in [3.8, 4) is 0 Å². The highest BCUT2D eigenvalue weighted by atomic mass is 32.1. The van der Waals surface area contributed by atoms with E-state index in [1.165, 1.54) is 23.5 Å². The topological polar surface area (TPSA) is 63.4 Å². The average molecular weight is 402 g/mol. The van der Waals surface area contributed by atoms with Gasteiger partial charge >= 0.3 is 0 Å². The fraction of sp³-hybridized carbons (Fsp3) is 0.0870. The first-order valence-electron chi connectivity index (χ1n) is 9.15. The second-order valence-corrected chi connectivity index (χ2v) is 7.81. The summed E-state index contributed by atoms with van der Waals surface area (Å²) in [6.07, 6.45) is 0. The van der Waals surface area contributed by atoms with E-state index >= 15 is 0 Å². The van der Waals surface area contributed by atoms with Crippen molar-refractivity contribution in [3.63, 3.8) is 0 Å². The fourth-order valence-electron chi connectivity index (χ4n) is 3.21. The van der Waals surface area contributed by atoms with E-state index in [1.54, 1.807) is 12.1 Å². The number of benzene rings is 3. The Morgan fingerprint density at radius 1 is 0.862 bits per heavy atom. The number of nitrogens with zero attached hydrogens (tertiary/aromatic N) is 2. The van der Waals surface area contributed by atoms with Gasteiger partial charge in [0.15, 0.2) is 0 Å². The zero-order chi connectivity index (χ0) is 20.2. The van der Waals surface area contributed by atoms with Gasteiger partial charge in [-0.05, 0) is 23.3 Å². The predicted molar refractivity (Wildman–Crippen MR) is 115 cm³/mol. The number of nitro benzene ring substituents is 1. The Bertz CT molecular complexity index is 1120. The van der Waals surface area contributed by atoms with Gasteiger partial charge in [-0.2, -0.15) is 0 Å². The van der Waals surface area contributed by atoms with E-state index in [-0.39, 0.29) is 11.6 Å². The molecule has 29 heavy (non-hydrogen) atoms. The number of carbonyl (C=O) groups is 1. The van der Waals surface area contributed by atoms with Crippen LogP contribution in [0.15, 0.2) is 84.9 Å². The molecule has 0 saturated carbocycles. The third kappa shape index (κ3) is 4.33. The lowest BCUT2D eigenvalue weighted by atomic mass is 10.1. The smallest absolute Gasteiger partial charge is 0.270 e. The van der Waals surface area contributed by atoms with Crippen LogP contribution < -0.4 is 0 Å². The van der Waals surface area contributed by atoms with E-state index in [9.17, 15) is 14.9 Å². The van der Waals surface area contributed by atoms with E-state index in [1.807, 2.05) is 65.6 Å². The van der Waals surface area contributed by atoms with Gasteiger partial charge < -0.3 is 4.90 Å². The molecule has 0 radical (unpaired) electrons. The summed E-state index contributed by atoms with van der Waals surface area (Å²) >= 11 is 1.36. The Morgan fingerprint density at radius 2 is 1.45 bits per heavy atom. The molecule has 0 aliphatic rings. The number of nitro groups is 1. The Labute approximate surface area is 172 Å². The van der Waals surface area contributed by atoms with E-state index in [0.717, 1.165) is 15.8 Å². The highest BCUT2D eigenvalue weighted by Gasteiger charge is 2.20. The number of fused-ring (bicyclic) bond motifs is 1. The van der Waals surface area contributed by atoms with Crippen molar-refractivity contribution in [2.45, 2.75) is 13.1 Å². The fourth-order valence-corrected chi connectivity index (χ4v) is 4.22. The Balaban J connectivity index is 1.66. The summed E-state index contributed by atoms with van der Waals surface area (Å²) in [4.78, 5) is 26.3. The summed E-state index contributed by atoms with van der Waals surface area (Å²) < 4.78 is 0.860. The van der Waals surface area contributed by atoms with Crippen molar-refractivity contribution in [3.05, 3.63) is 111 Å². The second-order valence-electron chi connectivity index (χ2n) is 6.72. The molecule has 0 fully saturated rings. The average Bonchev–Trinajstić information content (AvgIpc) is 3.17. The van der Waals surface area contributed by atoms with Gasteiger partial charge in [0.2, 0.25) is 0 Å². The van der Waals surface area contributed by atoms with Crippen molar-refractivity contribution in [2.75, 3.05) is 0 Å². The van der Waals surface area contributed by atoms with E-state index < -0.39 is 4.92 Å². The zero-order valence-corrected chi connectivity index (χ0v) is 16.3. The third-order valence-electron chi connectivity index (χ3n) is 4.64. The lowest BCUT2D eigenvalue weighted by molar-refractivity contribution is -0.384. The van der Waals surface area contributed by atoms with Crippen LogP contribution >= 0.6 is 11.3 Å². The number of non-ortho nitro benzene ring substituents is 1. The number of amides is 1. The molecular formula is C23H18N2O3S. The molecule has 0 aliphatic heterocycles. The normalized spacial score (nSPS) is 10.8. The van der Waals surface area contributed by atoms with Gasteiger partial charge in [-0.1, -0.05) is 60.7 Å². The van der Waals surface area contributed by atoms with Gasteiger partial charge in [0.1, 0.15) is 0 Å². The molecule has 3 aromatic carbocycles. The SMILES string of the molecule is O=C(c1cc2cc([N+](=O)[O-])ccc2s1)N(Cc1ccccc1)Cc1ccccc1. The summed E-state index contributed by atoms with van der Waals surface area (Å²) in [6.45, 7) is 0.978. The highest BCUT2D eigenvalue weighted by Crippen LogP contribution is 2.30. The van der Waals surface area contributed by atoms with Gasteiger partial charge in [-0.3, -0.25) is 14.9 Å². The maximum absolute atomic E-state index is 13.3. The minimum Gasteiger partial charge on any atom is -0.329 e. The molecular weight excluding hydrogens is 384 g/mol. The largest absolute Gasteiger partial charge is 0.329 e. The molecule has 0 unspecified atom stereocenters. The Kier molecular flexibility index (Phi) is 5.35. The Morgan fingerprint density at radius 3 is 2.00 bits per heavy atom. The van der Waals surface area contributed by atoms with Crippen LogP contribution in [-0.4, -0.2) is 15.7 Å². The van der Waals surface area contributed by atoms with Crippen molar-refractivity contribution in [1.82, 2.24) is 4.90 Å². The van der Waals surface area contributed by atoms with E-state index in [4.69, 9.17) is 0 Å². The summed E-state index contributed by atoms with van der Waals surface area (Å²) in [5, 5.41) is 11.7. The lowest BCUT2D eigenvalue weighted by Crippen LogP contribution is -2.29. The van der Waals surface area contributed by atoms with Crippen LogP contribution in [0.3, 0.4) is 0 Å². The van der Waals surface area contributed by atoms with Gasteiger partial charge in [-0.25, -0.2) is 0 Å². The third-order valence-corrected chi connectivity index (χ3v) is 5.75. The minimum atomic E-state index is -0.421. The van der Waals surface area contributed by atoms with Crippen molar-refractivity contribution < 1.29 is 9.72 Å². The molecule has 0 N–H and O–H groups in total. The summed E-state index contributed by atoms with van der Waals surface area (Å²) in [7, 11) is 0. The summed E-state index contributed by atoms with van der Waals surface area (Å²) in [6, 6.07) is 26.2. The molecule has 0 bridgehead atoms. The lowest BCUT2D eigenvalue weighted by Gasteiger charge is -2.22. The number of carbonyl (C=O) groups excluding carboxylic acids is 1. The summed E-state index contributed by atoms with van der Waals surface area (Å²) in [5.41, 5.74) is 2.13. The van der Waals surface area contributed by atoms with Crippen LogP contribution in [0.1, 0.15) is 20.8 Å². The molecule has 1 heterocycles. The molecule has 0 saturated heterocycles. The summed E-state index contributed by atoms with van der Waals surface area (Å²) in [5.74, 6) is -0.0819. The first kappa shape index (κ1) is 18.8. The molecule has 0 spiro atoms. The number of hydrogen-bond donors (Lipinski definition) is 0. The van der Waals surface area contributed by atoms with Crippen LogP contribution in [0.2, 0.25) is 0 Å². The van der Waals surface area contributed by atoms with Crippen LogP contribution in [0, 0.1) is 10.1 Å². The molecule has 0 aliphatic carbocycles. The van der Waals surface area contributed by atoms with Gasteiger partial charge in [0, 0.05) is 35.3 Å². The van der Waals surface area contributed by atoms with Crippen LogP contribution in [-0.2, 0) is 13.1 Å². The molecule has 6 heteroatoms. The highest BCUT2D eigenvalue weighted by molar-refractivity contribution is 7.20. The molecule has 4 rings (SSSR count). The molecule has 1 amide bonds. The van der Waals surface area contributed by atoms with Gasteiger partial charge in [0.25, 0.3) is 11.6 Å². The van der Waals surface area contributed by atoms with Crippen LogP contribution in [0.5, 0.6) is 0 Å². The van der Waals surface area contributed by atoms with Crippen molar-refractivity contribution in [1.29, 1.82) is 0 Å². The van der Waals surface area contributed by atoms with Crippen molar-refractivity contribution >= 4 is 33.0 Å². The van der Waals surface area contributed by atoms with E-state index in [2.05, 4.69) is 0 Å². The van der Waals surface area contributed by atoms with Gasteiger partial charge in [0.05, 0.1) is 9.80 Å². The minimum absolute atomic E-state index is 0.0275. The maximum Gasteiger partial charge on any atom is 0.270 e. The standard InChI is InChI=1S/C23H18N2O3S/c26-23(22-14-19-13-20(25(27)28)11-12-21(19)29-22)24(15-17-7-3-1-4-8-17)16-18-9-5-2-6-10-18/h1-14H,15-16H2.